The predicted octanol–water partition coefficient (Wildman–Crippen LogP) is 3.67. The summed E-state index contributed by atoms with van der Waals surface area (Å²) in [5, 5.41) is 0. The van der Waals surface area contributed by atoms with Crippen LogP contribution in [0.5, 0.6) is 0 Å². The van der Waals surface area contributed by atoms with Gasteiger partial charge in [0, 0.05) is 5.56 Å². The van der Waals surface area contributed by atoms with E-state index in [9.17, 15) is 4.79 Å². The van der Waals surface area contributed by atoms with Crippen LogP contribution in [0.4, 0.5) is 0 Å². The average molecular weight is 224 g/mol. The summed E-state index contributed by atoms with van der Waals surface area (Å²) in [7, 11) is 0. The van der Waals surface area contributed by atoms with Crippen LogP contribution >= 0.6 is 0 Å². The van der Waals surface area contributed by atoms with Crippen LogP contribution in [0.25, 0.3) is 0 Å². The lowest BCUT2D eigenvalue weighted by atomic mass is 10.0. The third-order valence-electron chi connectivity index (χ3n) is 2.88. The van der Waals surface area contributed by atoms with E-state index in [-0.39, 0.29) is 5.78 Å². The van der Waals surface area contributed by atoms with Crippen molar-refractivity contribution in [3.63, 3.8) is 0 Å². The number of hydrogen-bond acceptors (Lipinski definition) is 1. The summed E-state index contributed by atoms with van der Waals surface area (Å²) < 4.78 is 0. The maximum atomic E-state index is 11.3. The van der Waals surface area contributed by atoms with Crippen molar-refractivity contribution in [2.75, 3.05) is 0 Å². The van der Waals surface area contributed by atoms with E-state index in [0.717, 1.165) is 18.4 Å². The lowest BCUT2D eigenvalue weighted by Gasteiger charge is -2.03. The van der Waals surface area contributed by atoms with Crippen LogP contribution in [0.3, 0.4) is 0 Å². The van der Waals surface area contributed by atoms with Crippen molar-refractivity contribution < 1.29 is 4.79 Å². The third-order valence-corrected chi connectivity index (χ3v) is 2.88. The Morgan fingerprint density at radius 2 is 1.53 bits per heavy atom. The van der Waals surface area contributed by atoms with Gasteiger partial charge in [-0.2, -0.15) is 0 Å². The molecule has 0 aliphatic heterocycles. The van der Waals surface area contributed by atoms with Gasteiger partial charge in [-0.1, -0.05) is 48.5 Å². The van der Waals surface area contributed by atoms with E-state index in [1.807, 2.05) is 24.3 Å². The third kappa shape index (κ3) is 3.28. The maximum absolute atomic E-state index is 11.3. The van der Waals surface area contributed by atoms with Crippen LogP contribution in [-0.4, -0.2) is 5.78 Å². The van der Waals surface area contributed by atoms with E-state index in [2.05, 4.69) is 30.3 Å². The van der Waals surface area contributed by atoms with Crippen LogP contribution in [0.15, 0.2) is 54.6 Å². The van der Waals surface area contributed by atoms with Crippen LogP contribution in [0, 0.1) is 0 Å². The molecule has 2 aromatic rings. The molecule has 0 saturated heterocycles. The number of Topliss-reactive ketones (excluding diaryl/α,β-unsaturated/α-hetero) is 1. The highest BCUT2D eigenvalue weighted by Gasteiger charge is 2.00. The molecule has 1 nitrogen and oxygen atoms in total. The van der Waals surface area contributed by atoms with Gasteiger partial charge in [0.05, 0.1) is 0 Å². The number of benzene rings is 2. The lowest BCUT2D eigenvalue weighted by molar-refractivity contribution is 0.101. The van der Waals surface area contributed by atoms with Gasteiger partial charge in [0.1, 0.15) is 0 Å². The van der Waals surface area contributed by atoms with Gasteiger partial charge in [0.25, 0.3) is 0 Å². The van der Waals surface area contributed by atoms with Crippen LogP contribution in [0.2, 0.25) is 0 Å². The minimum atomic E-state index is 0.131. The number of carbonyl (C=O) groups excluding carboxylic acids is 1. The molecule has 0 unspecified atom stereocenters. The molecule has 17 heavy (non-hydrogen) atoms. The minimum absolute atomic E-state index is 0.131. The van der Waals surface area contributed by atoms with E-state index in [1.54, 1.807) is 6.92 Å². The van der Waals surface area contributed by atoms with E-state index in [1.165, 1.54) is 11.1 Å². The van der Waals surface area contributed by atoms with E-state index < -0.39 is 0 Å². The molecular formula is C16H16O. The Kier molecular flexibility index (Phi) is 3.71. The molecule has 1 heteroatoms. The molecule has 0 fully saturated rings. The van der Waals surface area contributed by atoms with Gasteiger partial charge in [-0.05, 0) is 37.0 Å². The van der Waals surface area contributed by atoms with Gasteiger partial charge in [0.15, 0.2) is 5.78 Å². The number of aryl methyl sites for hydroxylation is 2. The summed E-state index contributed by atoms with van der Waals surface area (Å²) >= 11 is 0. The van der Waals surface area contributed by atoms with Gasteiger partial charge < -0.3 is 0 Å². The SMILES string of the molecule is CC(=O)c1cccc(CCc2ccccc2)c1. The first-order valence-electron chi connectivity index (χ1n) is 5.89. The first-order valence-corrected chi connectivity index (χ1v) is 5.89. The number of carbonyl (C=O) groups is 1. The molecule has 0 amide bonds. The Morgan fingerprint density at radius 1 is 0.882 bits per heavy atom. The van der Waals surface area contributed by atoms with Crippen molar-refractivity contribution in [2.45, 2.75) is 19.8 Å². The van der Waals surface area contributed by atoms with Gasteiger partial charge in [0.2, 0.25) is 0 Å². The van der Waals surface area contributed by atoms with Gasteiger partial charge >= 0.3 is 0 Å². The Hall–Kier alpha value is -1.89. The molecule has 0 radical (unpaired) electrons. The molecule has 0 heterocycles. The molecule has 0 atom stereocenters. The van der Waals surface area contributed by atoms with Gasteiger partial charge in [-0.3, -0.25) is 4.79 Å². The summed E-state index contributed by atoms with van der Waals surface area (Å²) in [5.41, 5.74) is 3.36. The molecule has 0 aromatic heterocycles. The summed E-state index contributed by atoms with van der Waals surface area (Å²) in [6.45, 7) is 1.61. The maximum Gasteiger partial charge on any atom is 0.159 e. The molecule has 2 rings (SSSR count). The molecule has 0 aliphatic rings. The van der Waals surface area contributed by atoms with Crippen molar-refractivity contribution in [1.82, 2.24) is 0 Å². The molecule has 0 spiro atoms. The number of hydrogen-bond donors (Lipinski definition) is 0. The van der Waals surface area contributed by atoms with Crippen LogP contribution in [-0.2, 0) is 12.8 Å². The summed E-state index contributed by atoms with van der Waals surface area (Å²) in [4.78, 5) is 11.3. The fraction of sp³-hybridized carbons (Fsp3) is 0.188. The second-order valence-electron chi connectivity index (χ2n) is 4.24. The van der Waals surface area contributed by atoms with Crippen LogP contribution < -0.4 is 0 Å². The Labute approximate surface area is 102 Å². The normalized spacial score (nSPS) is 10.2. The van der Waals surface area contributed by atoms with Crippen molar-refractivity contribution in [3.05, 3.63) is 71.3 Å². The monoisotopic (exact) mass is 224 g/mol. The smallest absolute Gasteiger partial charge is 0.159 e. The molecule has 0 bridgehead atoms. The highest BCUT2D eigenvalue weighted by atomic mass is 16.1. The second kappa shape index (κ2) is 5.44. The molecule has 0 aliphatic carbocycles. The first kappa shape index (κ1) is 11.6. The average Bonchev–Trinajstić information content (AvgIpc) is 2.38. The molecule has 86 valence electrons. The van der Waals surface area contributed by atoms with E-state index in [4.69, 9.17) is 0 Å². The van der Waals surface area contributed by atoms with Gasteiger partial charge in [-0.25, -0.2) is 0 Å². The zero-order valence-corrected chi connectivity index (χ0v) is 10.0. The molecule has 0 saturated carbocycles. The summed E-state index contributed by atoms with van der Waals surface area (Å²) in [5.74, 6) is 0.131. The van der Waals surface area contributed by atoms with E-state index >= 15 is 0 Å². The lowest BCUT2D eigenvalue weighted by Crippen LogP contribution is -1.95. The highest BCUT2D eigenvalue weighted by Crippen LogP contribution is 2.10. The summed E-state index contributed by atoms with van der Waals surface area (Å²) in [6.07, 6.45) is 1.99. The zero-order chi connectivity index (χ0) is 12.1. The van der Waals surface area contributed by atoms with Crippen molar-refractivity contribution >= 4 is 5.78 Å². The number of ketones is 1. The van der Waals surface area contributed by atoms with Crippen molar-refractivity contribution in [3.8, 4) is 0 Å². The van der Waals surface area contributed by atoms with Crippen molar-refractivity contribution in [2.24, 2.45) is 0 Å². The molecular weight excluding hydrogens is 208 g/mol. The largest absolute Gasteiger partial charge is 0.295 e. The minimum Gasteiger partial charge on any atom is -0.295 e. The Bertz CT molecular complexity index is 500. The molecule has 2 aromatic carbocycles. The van der Waals surface area contributed by atoms with E-state index in [0.29, 0.717) is 0 Å². The Morgan fingerprint density at radius 3 is 2.24 bits per heavy atom. The zero-order valence-electron chi connectivity index (χ0n) is 10.0. The van der Waals surface area contributed by atoms with Gasteiger partial charge in [-0.15, -0.1) is 0 Å². The standard InChI is InChI=1S/C16H16O/c1-13(17)16-9-5-8-15(12-16)11-10-14-6-3-2-4-7-14/h2-9,12H,10-11H2,1H3. The fourth-order valence-electron chi connectivity index (χ4n) is 1.88. The first-order chi connectivity index (χ1) is 8.25. The predicted molar refractivity (Wildman–Crippen MR) is 70.3 cm³/mol. The summed E-state index contributed by atoms with van der Waals surface area (Å²) in [6, 6.07) is 18.3. The highest BCUT2D eigenvalue weighted by molar-refractivity contribution is 5.94. The topological polar surface area (TPSA) is 17.1 Å². The molecule has 0 N–H and O–H groups in total. The quantitative estimate of drug-likeness (QED) is 0.724. The second-order valence-corrected chi connectivity index (χ2v) is 4.24. The fourth-order valence-corrected chi connectivity index (χ4v) is 1.88. The Balaban J connectivity index is 2.04. The number of rotatable bonds is 4. The van der Waals surface area contributed by atoms with Crippen molar-refractivity contribution in [1.29, 1.82) is 0 Å². The van der Waals surface area contributed by atoms with Crippen LogP contribution in [0.1, 0.15) is 28.4 Å².